The number of halogens is 3. The summed E-state index contributed by atoms with van der Waals surface area (Å²) in [6.07, 6.45) is 6.49. The van der Waals surface area contributed by atoms with Crippen LogP contribution in [-0.2, 0) is 22.3 Å². The molecule has 2 fully saturated rings. The maximum absolute atomic E-state index is 13.0. The van der Waals surface area contributed by atoms with Gasteiger partial charge in [-0.2, -0.15) is 18.2 Å². The van der Waals surface area contributed by atoms with Gasteiger partial charge in [0.05, 0.1) is 0 Å². The van der Waals surface area contributed by atoms with E-state index in [9.17, 15) is 22.8 Å². The fourth-order valence-corrected chi connectivity index (χ4v) is 3.39. The molecule has 0 atom stereocenters. The molecule has 1 saturated heterocycles. The van der Waals surface area contributed by atoms with Gasteiger partial charge in [0.15, 0.2) is 0 Å². The maximum atomic E-state index is 13.0. The Kier molecular flexibility index (Phi) is 16.0. The number of carbonyl (C=O) groups is 2. The molecule has 1 aliphatic heterocycles. The number of nitrogens with zero attached hydrogens (tertiary/aromatic N) is 3. The first kappa shape index (κ1) is 34.4. The molecular weight excluding hydrogens is 525 g/mol. The molecule has 0 bridgehead atoms. The Morgan fingerprint density at radius 3 is 2.17 bits per heavy atom. The van der Waals surface area contributed by atoms with E-state index in [0.717, 1.165) is 32.0 Å². The Morgan fingerprint density at radius 1 is 1.07 bits per heavy atom. The molecule has 1 saturated carbocycles. The SMILES string of the molecule is C1CCC1.C=CC(=O)Nc1ccccc1CNc1nc(N)ncc1C(F)(F)F.CC.O=C(CO)N1CCCCC1. The Labute approximate surface area is 234 Å². The molecule has 2 heterocycles. The van der Waals surface area contributed by atoms with Crippen LogP contribution >= 0.6 is 0 Å². The van der Waals surface area contributed by atoms with Crippen molar-refractivity contribution in [1.82, 2.24) is 14.9 Å². The van der Waals surface area contributed by atoms with Crippen LogP contribution in [0.3, 0.4) is 0 Å². The smallest absolute Gasteiger partial charge is 0.387 e. The van der Waals surface area contributed by atoms with Crippen molar-refractivity contribution < 1.29 is 27.9 Å². The number of piperidine rings is 1. The number of para-hydroxylation sites is 1. The Morgan fingerprint density at radius 2 is 1.65 bits per heavy atom. The minimum Gasteiger partial charge on any atom is -0.387 e. The number of nitrogens with two attached hydrogens (primary N) is 1. The molecule has 222 valence electrons. The summed E-state index contributed by atoms with van der Waals surface area (Å²) in [7, 11) is 0. The van der Waals surface area contributed by atoms with Gasteiger partial charge in [-0.25, -0.2) is 4.98 Å². The summed E-state index contributed by atoms with van der Waals surface area (Å²) in [5.41, 5.74) is 5.35. The maximum Gasteiger partial charge on any atom is 0.421 e. The average molecular weight is 567 g/mol. The van der Waals surface area contributed by atoms with E-state index in [-0.39, 0.29) is 25.0 Å². The molecule has 2 aromatic rings. The Bertz CT molecular complexity index is 1050. The van der Waals surface area contributed by atoms with Gasteiger partial charge in [-0.05, 0) is 37.0 Å². The fourth-order valence-electron chi connectivity index (χ4n) is 3.39. The normalized spacial score (nSPS) is 13.9. The number of likely N-dealkylation sites (tertiary alicyclic amines) is 1. The largest absolute Gasteiger partial charge is 0.421 e. The number of carbonyl (C=O) groups excluding carboxylic acids is 2. The number of rotatable bonds is 6. The summed E-state index contributed by atoms with van der Waals surface area (Å²) in [6, 6.07) is 6.66. The van der Waals surface area contributed by atoms with Crippen molar-refractivity contribution >= 4 is 29.3 Å². The predicted octanol–water partition coefficient (Wildman–Crippen LogP) is 5.39. The first-order valence-corrected chi connectivity index (χ1v) is 13.5. The van der Waals surface area contributed by atoms with Crippen LogP contribution in [0, 0.1) is 0 Å². The van der Waals surface area contributed by atoms with Crippen molar-refractivity contribution in [2.45, 2.75) is 71.5 Å². The number of nitrogens with one attached hydrogen (secondary N) is 2. The molecule has 12 heteroatoms. The number of aliphatic hydroxyl groups excluding tert-OH is 1. The Balaban J connectivity index is 0.000000407. The van der Waals surface area contributed by atoms with Gasteiger partial charge in [0.25, 0.3) is 0 Å². The van der Waals surface area contributed by atoms with Gasteiger partial charge in [-0.15, -0.1) is 0 Å². The lowest BCUT2D eigenvalue weighted by Gasteiger charge is -2.25. The minimum absolute atomic E-state index is 0.00682. The van der Waals surface area contributed by atoms with Crippen molar-refractivity contribution in [1.29, 1.82) is 0 Å². The number of aromatic nitrogens is 2. The summed E-state index contributed by atoms with van der Waals surface area (Å²) in [5.74, 6) is -1.26. The number of nitrogen functional groups attached to an aromatic ring is 1. The number of hydrogen-bond donors (Lipinski definition) is 4. The second-order valence-electron chi connectivity index (χ2n) is 8.71. The van der Waals surface area contributed by atoms with Crippen molar-refractivity contribution in [2.75, 3.05) is 36.1 Å². The zero-order valence-corrected chi connectivity index (χ0v) is 23.3. The van der Waals surface area contributed by atoms with Gasteiger partial charge in [-0.3, -0.25) is 9.59 Å². The summed E-state index contributed by atoms with van der Waals surface area (Å²) in [5, 5.41) is 13.7. The molecule has 5 N–H and O–H groups in total. The molecular formula is C28H41F3N6O3. The molecule has 0 unspecified atom stereocenters. The lowest BCUT2D eigenvalue weighted by molar-refractivity contribution is -0.137. The molecule has 9 nitrogen and oxygen atoms in total. The van der Waals surface area contributed by atoms with E-state index in [2.05, 4.69) is 27.2 Å². The number of alkyl halides is 3. The average Bonchev–Trinajstić information content (AvgIpc) is 2.92. The molecule has 1 aromatic heterocycles. The lowest BCUT2D eigenvalue weighted by Crippen LogP contribution is -2.37. The molecule has 1 aromatic carbocycles. The van der Waals surface area contributed by atoms with Crippen LogP contribution in [0.25, 0.3) is 0 Å². The summed E-state index contributed by atoms with van der Waals surface area (Å²) in [4.78, 5) is 30.9. The quantitative estimate of drug-likeness (QED) is 0.345. The third-order valence-corrected chi connectivity index (χ3v) is 5.86. The summed E-state index contributed by atoms with van der Waals surface area (Å²) in [6.45, 7) is 8.67. The van der Waals surface area contributed by atoms with E-state index >= 15 is 0 Å². The molecule has 2 amide bonds. The molecule has 1 aliphatic carbocycles. The van der Waals surface area contributed by atoms with Crippen LogP contribution in [0.2, 0.25) is 0 Å². The highest BCUT2D eigenvalue weighted by molar-refractivity contribution is 5.99. The number of hydrogen-bond acceptors (Lipinski definition) is 7. The predicted molar refractivity (Wildman–Crippen MR) is 151 cm³/mol. The standard InChI is InChI=1S/C15H14F3N5O.C7H13NO2.C4H8.C2H6/c1-2-12(24)22-11-6-4-3-5-9(11)7-20-13-10(15(16,17)18)8-21-14(19)23-13;9-6-7(10)8-4-2-1-3-5-8;1-2-4-3-1;1-2/h2-6,8H,1,7H2,(H,22,24)(H3,19,20,21,23);9H,1-6H2;1-4H2;1-2H3. The zero-order valence-electron chi connectivity index (χ0n) is 23.3. The molecule has 40 heavy (non-hydrogen) atoms. The van der Waals surface area contributed by atoms with E-state index in [1.807, 2.05) is 13.8 Å². The van der Waals surface area contributed by atoms with Gasteiger partial charge in [-0.1, -0.05) is 64.3 Å². The number of amides is 2. The van der Waals surface area contributed by atoms with E-state index in [0.29, 0.717) is 17.4 Å². The second-order valence-corrected chi connectivity index (χ2v) is 8.71. The molecule has 0 spiro atoms. The zero-order chi connectivity index (χ0) is 30.0. The first-order chi connectivity index (χ1) is 19.2. The molecule has 0 radical (unpaired) electrons. The van der Waals surface area contributed by atoms with Crippen LogP contribution in [0.1, 0.15) is 69.9 Å². The van der Waals surface area contributed by atoms with Crippen LogP contribution < -0.4 is 16.4 Å². The van der Waals surface area contributed by atoms with Gasteiger partial charge in [0.1, 0.15) is 18.0 Å². The number of aliphatic hydroxyl groups is 1. The number of benzene rings is 1. The van der Waals surface area contributed by atoms with Crippen molar-refractivity contribution in [3.05, 3.63) is 54.2 Å². The van der Waals surface area contributed by atoms with E-state index in [4.69, 9.17) is 10.8 Å². The molecule has 2 aliphatic rings. The van der Waals surface area contributed by atoms with E-state index < -0.39 is 23.5 Å². The Hall–Kier alpha value is -3.67. The van der Waals surface area contributed by atoms with E-state index in [1.165, 1.54) is 32.1 Å². The van der Waals surface area contributed by atoms with Crippen LogP contribution in [-0.4, -0.2) is 51.5 Å². The second kappa shape index (κ2) is 18.6. The van der Waals surface area contributed by atoms with Crippen LogP contribution in [0.5, 0.6) is 0 Å². The monoisotopic (exact) mass is 566 g/mol. The number of anilines is 3. The topological polar surface area (TPSA) is 133 Å². The fraction of sp³-hybridized carbons (Fsp3) is 0.500. The molecule has 4 rings (SSSR count). The summed E-state index contributed by atoms with van der Waals surface area (Å²) >= 11 is 0. The van der Waals surface area contributed by atoms with Gasteiger partial charge in [0, 0.05) is 31.5 Å². The van der Waals surface area contributed by atoms with Crippen molar-refractivity contribution in [3.63, 3.8) is 0 Å². The highest BCUT2D eigenvalue weighted by atomic mass is 19.4. The third kappa shape index (κ3) is 12.5. The first-order valence-electron chi connectivity index (χ1n) is 13.5. The highest BCUT2D eigenvalue weighted by Crippen LogP contribution is 2.34. The summed E-state index contributed by atoms with van der Waals surface area (Å²) < 4.78 is 38.9. The van der Waals surface area contributed by atoms with Crippen molar-refractivity contribution in [3.8, 4) is 0 Å². The van der Waals surface area contributed by atoms with Crippen molar-refractivity contribution in [2.24, 2.45) is 0 Å². The minimum atomic E-state index is -4.62. The van der Waals surface area contributed by atoms with Gasteiger partial charge in [0.2, 0.25) is 17.8 Å². The van der Waals surface area contributed by atoms with Gasteiger partial charge < -0.3 is 26.4 Å². The van der Waals surface area contributed by atoms with E-state index in [1.54, 1.807) is 29.2 Å². The highest BCUT2D eigenvalue weighted by Gasteiger charge is 2.35. The van der Waals surface area contributed by atoms with Crippen LogP contribution in [0.4, 0.5) is 30.6 Å². The van der Waals surface area contributed by atoms with Crippen LogP contribution in [0.15, 0.2) is 43.1 Å². The third-order valence-electron chi connectivity index (χ3n) is 5.86. The van der Waals surface area contributed by atoms with Gasteiger partial charge >= 0.3 is 6.18 Å². The lowest BCUT2D eigenvalue weighted by atomic mass is 10.0.